The maximum Gasteiger partial charge on any atom is 0.408 e. The topological polar surface area (TPSA) is 217 Å². The molecule has 3 saturated heterocycles. The summed E-state index contributed by atoms with van der Waals surface area (Å²) in [6.07, 6.45) is -6.43. The first kappa shape index (κ1) is 45.7. The molecule has 5 rings (SSSR count). The zero-order valence-electron chi connectivity index (χ0n) is 34.9. The molecule has 1 amide bonds. The summed E-state index contributed by atoms with van der Waals surface area (Å²) >= 11 is 1.30. The van der Waals surface area contributed by atoms with Crippen molar-refractivity contribution in [1.82, 2.24) is 30.4 Å². The second kappa shape index (κ2) is 18.5. The Kier molecular flexibility index (Phi) is 14.3. The number of esters is 1. The van der Waals surface area contributed by atoms with Crippen molar-refractivity contribution in [3.8, 4) is 28.6 Å². The van der Waals surface area contributed by atoms with Crippen LogP contribution in [-0.4, -0.2) is 134 Å². The summed E-state index contributed by atoms with van der Waals surface area (Å²) in [6.45, 7) is 10.7. The van der Waals surface area contributed by atoms with Gasteiger partial charge in [0.1, 0.15) is 24.6 Å². The number of carbonyl (C=O) groups is 4. The van der Waals surface area contributed by atoms with Crippen molar-refractivity contribution >= 4 is 35.0 Å². The van der Waals surface area contributed by atoms with E-state index in [0.717, 1.165) is 6.92 Å². The van der Waals surface area contributed by atoms with Crippen LogP contribution in [0.5, 0.6) is 0 Å². The van der Waals surface area contributed by atoms with E-state index in [9.17, 15) is 24.3 Å². The summed E-state index contributed by atoms with van der Waals surface area (Å²) < 4.78 is 47.0. The number of aromatic nitrogens is 4. The van der Waals surface area contributed by atoms with E-state index in [-0.39, 0.29) is 37.8 Å². The molecule has 2 aromatic heterocycles. The number of fused-ring (bicyclic) bond motifs is 1. The van der Waals surface area contributed by atoms with Gasteiger partial charge in [0.15, 0.2) is 17.7 Å². The van der Waals surface area contributed by atoms with E-state index in [4.69, 9.17) is 28.9 Å². The summed E-state index contributed by atoms with van der Waals surface area (Å²) in [4.78, 5) is 59.2. The van der Waals surface area contributed by atoms with Crippen molar-refractivity contribution in [2.24, 2.45) is 11.8 Å². The van der Waals surface area contributed by atoms with E-state index in [1.807, 2.05) is 17.9 Å². The number of tetrazole rings is 1. The Morgan fingerprint density at radius 2 is 1.90 bits per heavy atom. The number of likely N-dealkylation sites (N-methyl/N-ethyl adjacent to an activating group) is 1. The molecule has 322 valence electrons. The van der Waals surface area contributed by atoms with Crippen LogP contribution < -0.4 is 5.32 Å². The number of hydrogen-bond donors (Lipinski definition) is 2. The second-order valence-corrected chi connectivity index (χ2v) is 17.4. The lowest BCUT2D eigenvalue weighted by atomic mass is 9.75. The largest absolute Gasteiger partial charge is 0.455 e. The smallest absolute Gasteiger partial charge is 0.408 e. The third-order valence-electron chi connectivity index (χ3n) is 11.5. The average molecular weight is 844 g/mol. The van der Waals surface area contributed by atoms with E-state index in [1.165, 1.54) is 23.1 Å². The maximum absolute atomic E-state index is 16.7. The van der Waals surface area contributed by atoms with Gasteiger partial charge in [-0.25, -0.2) is 14.0 Å². The maximum atomic E-state index is 16.7. The minimum atomic E-state index is -3.20. The number of aliphatic hydroxyl groups excluding tert-OH is 1. The van der Waals surface area contributed by atoms with Crippen LogP contribution in [0.2, 0.25) is 0 Å². The SMILES string of the molecule is CC[C@H]1OC(=O)[C@@](C)(F)C(=O)C[C@@H](OC2O[C@H](C)C[C@H](N(C)C)[C@H]2O)[C@@](C)(OCC#Cc2ccc(-c3nnn(CCC#N)n3)s2)C[C@@H](C)C(=O)[C@H](C)[C@H]2NC(=O)O[C@@]21C. The number of alkyl halides is 1. The second-order valence-electron chi connectivity index (χ2n) is 16.3. The molecule has 0 aliphatic carbocycles. The molecule has 59 heavy (non-hydrogen) atoms. The van der Waals surface area contributed by atoms with Gasteiger partial charge in [-0.15, -0.1) is 21.5 Å². The first-order valence-corrected chi connectivity index (χ1v) is 20.5. The number of alkyl carbamates (subject to hydrolysis) is 1. The lowest BCUT2D eigenvalue weighted by Gasteiger charge is -2.46. The number of rotatable bonds is 9. The number of nitriles is 1. The molecule has 17 nitrogen and oxygen atoms in total. The fraction of sp³-hybridized carbons (Fsp3) is 0.700. The van der Waals surface area contributed by atoms with E-state index in [1.54, 1.807) is 53.9 Å². The molecule has 12 atom stereocenters. The van der Waals surface area contributed by atoms with E-state index in [2.05, 4.69) is 32.6 Å². The van der Waals surface area contributed by atoms with E-state index in [0.29, 0.717) is 28.5 Å². The van der Waals surface area contributed by atoms with Crippen molar-refractivity contribution in [2.45, 2.75) is 147 Å². The van der Waals surface area contributed by atoms with Crippen molar-refractivity contribution in [2.75, 3.05) is 20.7 Å². The fourth-order valence-corrected chi connectivity index (χ4v) is 8.84. The number of nitrogens with one attached hydrogen (secondary N) is 1. The molecule has 5 heterocycles. The monoisotopic (exact) mass is 843 g/mol. The Balaban J connectivity index is 1.51. The number of amides is 1. The zero-order chi connectivity index (χ0) is 43.4. The highest BCUT2D eigenvalue weighted by Crippen LogP contribution is 2.40. The summed E-state index contributed by atoms with van der Waals surface area (Å²) in [7, 11) is 3.60. The van der Waals surface area contributed by atoms with Gasteiger partial charge in [0.2, 0.25) is 5.82 Å². The molecule has 0 saturated carbocycles. The number of cyclic esters (lactones) is 1. The average Bonchev–Trinajstić information content (AvgIpc) is 3.93. The lowest BCUT2D eigenvalue weighted by molar-refractivity contribution is -0.290. The van der Waals surface area contributed by atoms with Gasteiger partial charge in [-0.2, -0.15) is 10.1 Å². The number of hydrogen-bond acceptors (Lipinski definition) is 16. The van der Waals surface area contributed by atoms with Crippen molar-refractivity contribution < 1.29 is 52.4 Å². The van der Waals surface area contributed by atoms with Crippen LogP contribution in [0, 0.1) is 35.0 Å². The van der Waals surface area contributed by atoms with Crippen LogP contribution in [-0.2, 0) is 44.6 Å². The number of aryl methyl sites for hydroxylation is 1. The normalized spacial score (nSPS) is 35.7. The highest BCUT2D eigenvalue weighted by atomic mass is 32.1. The molecule has 3 fully saturated rings. The van der Waals surface area contributed by atoms with Crippen LogP contribution in [0.4, 0.5) is 9.18 Å². The number of carbonyl (C=O) groups excluding carboxylic acids is 4. The molecule has 19 heteroatoms. The van der Waals surface area contributed by atoms with Crippen molar-refractivity contribution in [1.29, 1.82) is 5.26 Å². The number of ketones is 2. The highest BCUT2D eigenvalue weighted by Gasteiger charge is 2.58. The zero-order valence-corrected chi connectivity index (χ0v) is 35.7. The third-order valence-corrected chi connectivity index (χ3v) is 12.5. The number of aliphatic hydroxyl groups is 1. The lowest BCUT2D eigenvalue weighted by Crippen LogP contribution is -2.60. The van der Waals surface area contributed by atoms with Crippen molar-refractivity contribution in [3.05, 3.63) is 17.0 Å². The first-order valence-electron chi connectivity index (χ1n) is 19.7. The Labute approximate surface area is 347 Å². The first-order chi connectivity index (χ1) is 27.7. The van der Waals surface area contributed by atoms with Crippen LogP contribution in [0.15, 0.2) is 12.1 Å². The van der Waals surface area contributed by atoms with Gasteiger partial charge in [0.25, 0.3) is 5.67 Å². The summed E-state index contributed by atoms with van der Waals surface area (Å²) in [5.74, 6) is 1.68. The molecule has 2 aromatic rings. The van der Waals surface area contributed by atoms with Gasteiger partial charge in [0, 0.05) is 24.3 Å². The van der Waals surface area contributed by atoms with Gasteiger partial charge in [-0.3, -0.25) is 9.59 Å². The molecule has 1 unspecified atom stereocenters. The Morgan fingerprint density at radius 3 is 2.58 bits per heavy atom. The summed E-state index contributed by atoms with van der Waals surface area (Å²) in [5.41, 5.74) is -6.38. The fourth-order valence-electron chi connectivity index (χ4n) is 8.04. The highest BCUT2D eigenvalue weighted by molar-refractivity contribution is 7.15. The standard InChI is InChI=1S/C40H54FN7O10S/c1-10-29-40(7)33(43-37(53)58-40)24(4)31(50)22(2)21-38(5,54-18-11-13-25-14-15-27(59-25)34-44-46-48(45-34)17-12-16-42)30(20-28(49)39(6,41)36(52)57-29)56-35-32(51)26(47(8)9)19-23(3)55-35/h14-15,22-24,26,29-30,32-33,35,51H,10,12,17-21H2,1-9H3,(H,43,53)/t22-,23-,24+,26+,29-,30-,32-,33-,35?,38+,39+,40-/m1/s1. The number of nitrogens with zero attached hydrogens (tertiary/aromatic N) is 6. The van der Waals surface area contributed by atoms with Gasteiger partial charge >= 0.3 is 12.1 Å². The molecule has 2 N–H and O–H groups in total. The molecule has 0 spiro atoms. The number of thiophene rings is 1. The molecule has 3 aliphatic rings. The Hall–Kier alpha value is -4.37. The molecular formula is C40H54FN7O10S. The third kappa shape index (κ3) is 9.99. The molecule has 0 aromatic carbocycles. The Morgan fingerprint density at radius 1 is 1.17 bits per heavy atom. The van der Waals surface area contributed by atoms with Gasteiger partial charge < -0.3 is 39.0 Å². The molecule has 3 aliphatic heterocycles. The minimum Gasteiger partial charge on any atom is -0.455 e. The quantitative estimate of drug-likeness (QED) is 0.210. The van der Waals surface area contributed by atoms with Crippen LogP contribution in [0.25, 0.3) is 10.7 Å². The van der Waals surface area contributed by atoms with Gasteiger partial charge in [-0.05, 0) is 78.4 Å². The molecular weight excluding hydrogens is 790 g/mol. The predicted octanol–water partition coefficient (Wildman–Crippen LogP) is 3.37. The van der Waals surface area contributed by atoms with E-state index >= 15 is 4.39 Å². The van der Waals surface area contributed by atoms with E-state index < -0.39 is 89.7 Å². The Bertz CT molecular complexity index is 1970. The van der Waals surface area contributed by atoms with Gasteiger partial charge in [-0.1, -0.05) is 32.6 Å². The van der Waals surface area contributed by atoms with Gasteiger partial charge in [0.05, 0.1) is 52.6 Å². The van der Waals surface area contributed by atoms with Crippen LogP contribution in [0.1, 0.15) is 85.4 Å². The minimum absolute atomic E-state index is 0.0733. The molecule has 0 radical (unpaired) electrons. The van der Waals surface area contributed by atoms with Crippen LogP contribution in [0.3, 0.4) is 0 Å². The number of ether oxygens (including phenoxy) is 5. The van der Waals surface area contributed by atoms with Crippen LogP contribution >= 0.6 is 11.3 Å². The van der Waals surface area contributed by atoms with Crippen molar-refractivity contribution in [3.63, 3.8) is 0 Å². The summed E-state index contributed by atoms with van der Waals surface area (Å²) in [6, 6.07) is 4.20. The predicted molar refractivity (Wildman–Crippen MR) is 209 cm³/mol. The number of halogens is 1. The molecule has 0 bridgehead atoms. The summed E-state index contributed by atoms with van der Waals surface area (Å²) in [5, 5.41) is 35.3. The number of Topliss-reactive ketones (excluding diaryl/α,β-unsaturated/α-hetero) is 2.